The van der Waals surface area contributed by atoms with Gasteiger partial charge in [0, 0.05) is 6.54 Å². The third-order valence-corrected chi connectivity index (χ3v) is 4.69. The Balaban J connectivity index is 1.94. The highest BCUT2D eigenvalue weighted by atomic mass is 32.2. The minimum absolute atomic E-state index is 0.0487. The largest absolute Gasteiger partial charge is 0.416 e. The molecule has 2 aromatic rings. The second-order valence-electron chi connectivity index (χ2n) is 5.86. The molecular weight excluding hydrogens is 383 g/mol. The van der Waals surface area contributed by atoms with E-state index in [9.17, 15) is 26.4 Å². The van der Waals surface area contributed by atoms with Crippen molar-refractivity contribution in [1.29, 1.82) is 0 Å². The first-order valence-electron chi connectivity index (χ1n) is 7.80. The molecule has 2 aromatic carbocycles. The molecule has 0 aromatic heterocycles. The predicted octanol–water partition coefficient (Wildman–Crippen LogP) is 2.91. The van der Waals surface area contributed by atoms with Crippen molar-refractivity contribution in [3.63, 3.8) is 0 Å². The van der Waals surface area contributed by atoms with Gasteiger partial charge in [-0.25, -0.2) is 18.4 Å². The van der Waals surface area contributed by atoms with E-state index in [-0.39, 0.29) is 11.4 Å². The topological polar surface area (TPSA) is 101 Å². The number of amides is 2. The number of carbonyl (C=O) groups is 1. The van der Waals surface area contributed by atoms with E-state index in [4.69, 9.17) is 5.14 Å². The molecule has 27 heavy (non-hydrogen) atoms. The summed E-state index contributed by atoms with van der Waals surface area (Å²) in [6, 6.07) is 9.31. The third-order valence-electron chi connectivity index (χ3n) is 3.76. The Morgan fingerprint density at radius 3 is 2.33 bits per heavy atom. The van der Waals surface area contributed by atoms with Crippen LogP contribution in [0, 0.1) is 0 Å². The lowest BCUT2D eigenvalue weighted by molar-refractivity contribution is -0.137. The van der Waals surface area contributed by atoms with Gasteiger partial charge in [0.25, 0.3) is 0 Å². The first-order chi connectivity index (χ1) is 12.5. The quantitative estimate of drug-likeness (QED) is 0.718. The van der Waals surface area contributed by atoms with Crippen LogP contribution in [0.15, 0.2) is 53.4 Å². The lowest BCUT2D eigenvalue weighted by atomic mass is 10.1. The molecule has 4 N–H and O–H groups in total. The normalized spacial score (nSPS) is 13.1. The highest BCUT2D eigenvalue weighted by molar-refractivity contribution is 7.89. The fourth-order valence-corrected chi connectivity index (χ4v) is 2.83. The molecule has 0 radical (unpaired) electrons. The van der Waals surface area contributed by atoms with E-state index in [1.54, 1.807) is 6.92 Å². The summed E-state index contributed by atoms with van der Waals surface area (Å²) in [4.78, 5) is 11.9. The lowest BCUT2D eigenvalue weighted by Crippen LogP contribution is -2.36. The predicted molar refractivity (Wildman–Crippen MR) is 93.0 cm³/mol. The first kappa shape index (κ1) is 20.7. The van der Waals surface area contributed by atoms with Crippen LogP contribution < -0.4 is 15.8 Å². The van der Waals surface area contributed by atoms with E-state index >= 15 is 0 Å². The molecule has 0 aliphatic rings. The molecule has 0 fully saturated rings. The molecule has 2 rings (SSSR count). The highest BCUT2D eigenvalue weighted by Gasteiger charge is 2.30. The Labute approximate surface area is 154 Å². The number of benzene rings is 2. The molecule has 0 saturated carbocycles. The zero-order valence-electron chi connectivity index (χ0n) is 14.2. The summed E-state index contributed by atoms with van der Waals surface area (Å²) in [5.41, 5.74) is 0.160. The van der Waals surface area contributed by atoms with Crippen molar-refractivity contribution in [2.24, 2.45) is 5.14 Å². The average Bonchev–Trinajstić information content (AvgIpc) is 2.59. The van der Waals surface area contributed by atoms with Crippen molar-refractivity contribution >= 4 is 16.1 Å². The van der Waals surface area contributed by atoms with E-state index in [1.807, 2.05) is 0 Å². The summed E-state index contributed by atoms with van der Waals surface area (Å²) in [6.07, 6.45) is -4.45. The number of nitrogens with one attached hydrogen (secondary N) is 2. The molecule has 0 spiro atoms. The summed E-state index contributed by atoms with van der Waals surface area (Å²) < 4.78 is 60.5. The van der Waals surface area contributed by atoms with Crippen molar-refractivity contribution in [3.8, 4) is 0 Å². The minimum Gasteiger partial charge on any atom is -0.334 e. The number of sulfonamides is 1. The van der Waals surface area contributed by atoms with Gasteiger partial charge in [-0.05, 0) is 42.3 Å². The van der Waals surface area contributed by atoms with E-state index in [0.29, 0.717) is 11.1 Å². The molecular formula is C17H18F3N3O3S. The molecule has 0 bridgehead atoms. The first-order valence-corrected chi connectivity index (χ1v) is 9.35. The standard InChI is InChI=1S/C17H18F3N3O3S/c1-11(13-5-7-15(8-6-13)27(21,25)26)23-16(24)22-10-12-3-2-4-14(9-12)17(18,19)20/h2-9,11H,10H2,1H3,(H2,21,25,26)(H2,22,23,24). The molecule has 1 unspecified atom stereocenters. The molecule has 2 amide bonds. The van der Waals surface area contributed by atoms with Gasteiger partial charge in [-0.15, -0.1) is 0 Å². The van der Waals surface area contributed by atoms with Gasteiger partial charge in [0.1, 0.15) is 0 Å². The Morgan fingerprint density at radius 2 is 1.78 bits per heavy atom. The number of alkyl halides is 3. The molecule has 0 heterocycles. The number of primary sulfonamides is 1. The molecule has 10 heteroatoms. The van der Waals surface area contributed by atoms with Crippen LogP contribution in [0.1, 0.15) is 29.7 Å². The van der Waals surface area contributed by atoms with Crippen LogP contribution in [0.2, 0.25) is 0 Å². The number of carbonyl (C=O) groups excluding carboxylic acids is 1. The van der Waals surface area contributed by atoms with Crippen LogP contribution in [0.5, 0.6) is 0 Å². The highest BCUT2D eigenvalue weighted by Crippen LogP contribution is 2.29. The summed E-state index contributed by atoms with van der Waals surface area (Å²) in [7, 11) is -3.80. The maximum Gasteiger partial charge on any atom is 0.416 e. The third kappa shape index (κ3) is 5.97. The molecule has 0 aliphatic heterocycles. The molecule has 0 saturated heterocycles. The van der Waals surface area contributed by atoms with Gasteiger partial charge in [0.15, 0.2) is 0 Å². The number of hydrogen-bond acceptors (Lipinski definition) is 3. The average molecular weight is 401 g/mol. The molecule has 1 atom stereocenters. The van der Waals surface area contributed by atoms with Crippen LogP contribution in [-0.2, 0) is 22.7 Å². The minimum atomic E-state index is -4.45. The number of urea groups is 1. The van der Waals surface area contributed by atoms with Crippen LogP contribution in [0.3, 0.4) is 0 Å². The molecule has 146 valence electrons. The molecule has 6 nitrogen and oxygen atoms in total. The number of nitrogens with two attached hydrogens (primary N) is 1. The van der Waals surface area contributed by atoms with Crippen LogP contribution in [0.4, 0.5) is 18.0 Å². The summed E-state index contributed by atoms with van der Waals surface area (Å²) >= 11 is 0. The van der Waals surface area contributed by atoms with Crippen molar-refractivity contribution in [2.75, 3.05) is 0 Å². The smallest absolute Gasteiger partial charge is 0.334 e. The summed E-state index contributed by atoms with van der Waals surface area (Å²) in [6.45, 7) is 1.60. The zero-order chi connectivity index (χ0) is 20.2. The van der Waals surface area contributed by atoms with E-state index in [2.05, 4.69) is 10.6 Å². The van der Waals surface area contributed by atoms with Gasteiger partial charge < -0.3 is 10.6 Å². The Hall–Kier alpha value is -2.59. The maximum atomic E-state index is 12.7. The molecule has 0 aliphatic carbocycles. The van der Waals surface area contributed by atoms with Crippen LogP contribution in [0.25, 0.3) is 0 Å². The maximum absolute atomic E-state index is 12.7. The fraction of sp³-hybridized carbons (Fsp3) is 0.235. The van der Waals surface area contributed by atoms with Crippen LogP contribution >= 0.6 is 0 Å². The van der Waals surface area contributed by atoms with E-state index in [1.165, 1.54) is 36.4 Å². The van der Waals surface area contributed by atoms with Gasteiger partial charge in [-0.3, -0.25) is 0 Å². The Bertz CT molecular complexity index is 913. The van der Waals surface area contributed by atoms with Gasteiger partial charge in [-0.2, -0.15) is 13.2 Å². The number of hydrogen-bond donors (Lipinski definition) is 3. The number of rotatable bonds is 5. The second kappa shape index (κ2) is 7.97. The van der Waals surface area contributed by atoms with E-state index < -0.39 is 33.8 Å². The van der Waals surface area contributed by atoms with Crippen molar-refractivity contribution in [3.05, 3.63) is 65.2 Å². The Kier molecular flexibility index (Phi) is 6.11. The SMILES string of the molecule is CC(NC(=O)NCc1cccc(C(F)(F)F)c1)c1ccc(S(N)(=O)=O)cc1. The van der Waals surface area contributed by atoms with Gasteiger partial charge in [-0.1, -0.05) is 24.3 Å². The second-order valence-corrected chi connectivity index (χ2v) is 7.42. The van der Waals surface area contributed by atoms with Crippen molar-refractivity contribution in [2.45, 2.75) is 30.6 Å². The Morgan fingerprint density at radius 1 is 1.15 bits per heavy atom. The van der Waals surface area contributed by atoms with Gasteiger partial charge >= 0.3 is 12.2 Å². The number of halogens is 3. The monoisotopic (exact) mass is 401 g/mol. The van der Waals surface area contributed by atoms with Crippen LogP contribution in [-0.4, -0.2) is 14.4 Å². The zero-order valence-corrected chi connectivity index (χ0v) is 15.1. The lowest BCUT2D eigenvalue weighted by Gasteiger charge is -2.16. The van der Waals surface area contributed by atoms with Gasteiger partial charge in [0.05, 0.1) is 16.5 Å². The van der Waals surface area contributed by atoms with Crippen molar-refractivity contribution in [1.82, 2.24) is 10.6 Å². The van der Waals surface area contributed by atoms with E-state index in [0.717, 1.165) is 12.1 Å². The van der Waals surface area contributed by atoms with Gasteiger partial charge in [0.2, 0.25) is 10.0 Å². The van der Waals surface area contributed by atoms with Crippen molar-refractivity contribution < 1.29 is 26.4 Å². The summed E-state index contributed by atoms with van der Waals surface area (Å²) in [5.74, 6) is 0. The fourth-order valence-electron chi connectivity index (χ4n) is 2.32. The summed E-state index contributed by atoms with van der Waals surface area (Å²) in [5, 5.41) is 10.1.